The van der Waals surface area contributed by atoms with Crippen LogP contribution in [0.15, 0.2) is 24.3 Å². The lowest BCUT2D eigenvalue weighted by molar-refractivity contribution is -0.134. The smallest absolute Gasteiger partial charge is 0.247 e. The third-order valence-corrected chi connectivity index (χ3v) is 4.71. The van der Waals surface area contributed by atoms with Crippen LogP contribution in [0.25, 0.3) is 0 Å². The van der Waals surface area contributed by atoms with Crippen LogP contribution in [0.2, 0.25) is 0 Å². The van der Waals surface area contributed by atoms with Gasteiger partial charge in [-0.2, -0.15) is 0 Å². The van der Waals surface area contributed by atoms with E-state index in [1.807, 2.05) is 12.1 Å². The van der Waals surface area contributed by atoms with Gasteiger partial charge >= 0.3 is 0 Å². The monoisotopic (exact) mass is 332 g/mol. The molecule has 1 saturated heterocycles. The average molecular weight is 332 g/mol. The van der Waals surface area contributed by atoms with Crippen molar-refractivity contribution in [2.45, 2.75) is 57.3 Å². The second-order valence-corrected chi connectivity index (χ2v) is 6.61. The minimum atomic E-state index is -0.646. The van der Waals surface area contributed by atoms with E-state index in [2.05, 4.69) is 5.32 Å². The van der Waals surface area contributed by atoms with Crippen LogP contribution < -0.4 is 10.1 Å². The van der Waals surface area contributed by atoms with Crippen molar-refractivity contribution in [1.29, 1.82) is 0 Å². The van der Waals surface area contributed by atoms with Gasteiger partial charge in [0.05, 0.1) is 12.2 Å². The third kappa shape index (κ3) is 3.87. The van der Waals surface area contributed by atoms with Crippen molar-refractivity contribution in [2.75, 3.05) is 11.9 Å². The van der Waals surface area contributed by atoms with Crippen molar-refractivity contribution in [1.82, 2.24) is 4.90 Å². The number of aliphatic hydroxyl groups is 1. The molecule has 2 aliphatic rings. The molecule has 1 aromatic carbocycles. The number of β-amino-alcohol motifs (C(OH)–C–C–N with tert-alkyl or cyclic N) is 1. The maximum atomic E-state index is 12.4. The molecule has 1 heterocycles. The minimum absolute atomic E-state index is 0.202. The van der Waals surface area contributed by atoms with E-state index >= 15 is 0 Å². The molecule has 2 fully saturated rings. The van der Waals surface area contributed by atoms with Gasteiger partial charge in [0.25, 0.3) is 0 Å². The number of nitrogens with zero attached hydrogens (tertiary/aromatic N) is 1. The summed E-state index contributed by atoms with van der Waals surface area (Å²) < 4.78 is 5.90. The highest BCUT2D eigenvalue weighted by molar-refractivity contribution is 5.97. The highest BCUT2D eigenvalue weighted by atomic mass is 16.5. The molecule has 6 nitrogen and oxygen atoms in total. The van der Waals surface area contributed by atoms with Gasteiger partial charge in [-0.1, -0.05) is 0 Å². The van der Waals surface area contributed by atoms with E-state index in [0.717, 1.165) is 18.6 Å². The van der Waals surface area contributed by atoms with Crippen LogP contribution in [0.3, 0.4) is 0 Å². The number of nitrogens with one attached hydrogen (secondary N) is 1. The highest BCUT2D eigenvalue weighted by Crippen LogP contribution is 2.25. The molecule has 1 saturated carbocycles. The van der Waals surface area contributed by atoms with Gasteiger partial charge in [0.1, 0.15) is 11.8 Å². The number of hydrogen-bond donors (Lipinski definition) is 2. The molecule has 130 valence electrons. The topological polar surface area (TPSA) is 78.9 Å². The summed E-state index contributed by atoms with van der Waals surface area (Å²) in [7, 11) is 0. The number of rotatable bonds is 4. The highest BCUT2D eigenvalue weighted by Gasteiger charge is 2.37. The second-order valence-electron chi connectivity index (χ2n) is 6.61. The minimum Gasteiger partial charge on any atom is -0.490 e. The molecule has 0 aromatic heterocycles. The fraction of sp³-hybridized carbons (Fsp3) is 0.556. The Kier molecular flexibility index (Phi) is 5.04. The van der Waals surface area contributed by atoms with Gasteiger partial charge in [0.15, 0.2) is 0 Å². The Labute approximate surface area is 141 Å². The molecule has 24 heavy (non-hydrogen) atoms. The van der Waals surface area contributed by atoms with Crippen LogP contribution in [0.4, 0.5) is 5.69 Å². The van der Waals surface area contributed by atoms with Gasteiger partial charge in [0, 0.05) is 25.6 Å². The first-order chi connectivity index (χ1) is 11.5. The lowest BCUT2D eigenvalue weighted by Crippen LogP contribution is -2.42. The molecule has 0 bridgehead atoms. The number of benzene rings is 1. The second kappa shape index (κ2) is 7.21. The van der Waals surface area contributed by atoms with Crippen molar-refractivity contribution in [3.63, 3.8) is 0 Å². The lowest BCUT2D eigenvalue weighted by atomic mass is 10.1. The lowest BCUT2D eigenvalue weighted by Gasteiger charge is -2.22. The summed E-state index contributed by atoms with van der Waals surface area (Å²) in [6.07, 6.45) is 4.57. The number of hydrogen-bond acceptors (Lipinski definition) is 4. The Hall–Kier alpha value is -2.08. The van der Waals surface area contributed by atoms with Gasteiger partial charge in [0.2, 0.25) is 11.8 Å². The molecule has 3 rings (SSSR count). The standard InChI is InChI=1S/C18H24N2O4/c1-12(21)20-11-14(22)10-17(20)18(23)19-13-6-8-16(9-7-13)24-15-4-2-3-5-15/h6-9,14-15,17,22H,2-5,10-11H2,1H3,(H,19,23)/t14-,17+/m0/s1. The van der Waals surface area contributed by atoms with Gasteiger partial charge in [-0.25, -0.2) is 0 Å². The van der Waals surface area contributed by atoms with Crippen molar-refractivity contribution < 1.29 is 19.4 Å². The van der Waals surface area contributed by atoms with E-state index in [1.54, 1.807) is 12.1 Å². The fourth-order valence-electron chi connectivity index (χ4n) is 3.45. The first-order valence-corrected chi connectivity index (χ1v) is 8.56. The summed E-state index contributed by atoms with van der Waals surface area (Å²) in [5.74, 6) is 0.333. The number of likely N-dealkylation sites (tertiary alicyclic amines) is 1. The summed E-state index contributed by atoms with van der Waals surface area (Å²) in [5, 5.41) is 12.5. The summed E-state index contributed by atoms with van der Waals surface area (Å²) in [4.78, 5) is 25.4. The maximum absolute atomic E-state index is 12.4. The number of anilines is 1. The Morgan fingerprint density at radius 1 is 1.21 bits per heavy atom. The van der Waals surface area contributed by atoms with Crippen LogP contribution in [0.1, 0.15) is 39.0 Å². The molecule has 1 aromatic rings. The zero-order chi connectivity index (χ0) is 17.1. The molecule has 2 N–H and O–H groups in total. The molecule has 2 atom stereocenters. The van der Waals surface area contributed by atoms with Crippen LogP contribution in [-0.4, -0.2) is 46.6 Å². The SMILES string of the molecule is CC(=O)N1C[C@@H](O)C[C@@H]1C(=O)Nc1ccc(OC2CCCC2)cc1. The summed E-state index contributed by atoms with van der Waals surface area (Å²) in [5.41, 5.74) is 0.656. The molecule has 0 radical (unpaired) electrons. The van der Waals surface area contributed by atoms with Gasteiger partial charge in [-0.05, 0) is 49.9 Å². The summed E-state index contributed by atoms with van der Waals surface area (Å²) >= 11 is 0. The molecule has 6 heteroatoms. The normalized spacial score (nSPS) is 24.2. The average Bonchev–Trinajstić information content (AvgIpc) is 3.18. The molecule has 1 aliphatic heterocycles. The van der Waals surface area contributed by atoms with E-state index in [1.165, 1.54) is 24.7 Å². The van der Waals surface area contributed by atoms with E-state index in [4.69, 9.17) is 4.74 Å². The van der Waals surface area contributed by atoms with Crippen LogP contribution in [-0.2, 0) is 9.59 Å². The van der Waals surface area contributed by atoms with E-state index in [0.29, 0.717) is 11.8 Å². The van der Waals surface area contributed by atoms with E-state index < -0.39 is 12.1 Å². The zero-order valence-electron chi connectivity index (χ0n) is 13.9. The van der Waals surface area contributed by atoms with Gasteiger partial charge in [-0.3, -0.25) is 9.59 Å². The Balaban J connectivity index is 1.58. The number of carbonyl (C=O) groups is 2. The predicted molar refractivity (Wildman–Crippen MR) is 89.8 cm³/mol. The first kappa shape index (κ1) is 16.8. The number of amides is 2. The van der Waals surface area contributed by atoms with Crippen molar-refractivity contribution >= 4 is 17.5 Å². The third-order valence-electron chi connectivity index (χ3n) is 4.71. The van der Waals surface area contributed by atoms with Gasteiger partial charge in [-0.15, -0.1) is 0 Å². The molecule has 0 unspecified atom stereocenters. The molecule has 0 spiro atoms. The van der Waals surface area contributed by atoms with E-state index in [9.17, 15) is 14.7 Å². The number of aliphatic hydroxyl groups excluding tert-OH is 1. The number of ether oxygens (including phenoxy) is 1. The fourth-order valence-corrected chi connectivity index (χ4v) is 3.45. The predicted octanol–water partition coefficient (Wildman–Crippen LogP) is 1.93. The van der Waals surface area contributed by atoms with Gasteiger partial charge < -0.3 is 20.1 Å². The first-order valence-electron chi connectivity index (χ1n) is 8.56. The van der Waals surface area contributed by atoms with Crippen molar-refractivity contribution in [3.8, 4) is 5.75 Å². The Morgan fingerprint density at radius 3 is 2.50 bits per heavy atom. The van der Waals surface area contributed by atoms with Crippen LogP contribution in [0.5, 0.6) is 5.75 Å². The van der Waals surface area contributed by atoms with Crippen LogP contribution >= 0.6 is 0 Å². The molecule has 1 aliphatic carbocycles. The molecular formula is C18H24N2O4. The Morgan fingerprint density at radius 2 is 1.88 bits per heavy atom. The largest absolute Gasteiger partial charge is 0.490 e. The van der Waals surface area contributed by atoms with Crippen LogP contribution in [0, 0.1) is 0 Å². The quantitative estimate of drug-likeness (QED) is 0.883. The Bertz CT molecular complexity index is 596. The summed E-state index contributed by atoms with van der Waals surface area (Å²) in [6.45, 7) is 1.62. The number of carbonyl (C=O) groups excluding carboxylic acids is 2. The van der Waals surface area contributed by atoms with Crippen molar-refractivity contribution in [3.05, 3.63) is 24.3 Å². The zero-order valence-corrected chi connectivity index (χ0v) is 13.9. The maximum Gasteiger partial charge on any atom is 0.247 e. The molecular weight excluding hydrogens is 308 g/mol. The summed E-state index contributed by atoms with van der Waals surface area (Å²) in [6, 6.07) is 6.67. The molecule has 2 amide bonds. The van der Waals surface area contributed by atoms with E-state index in [-0.39, 0.29) is 24.8 Å². The van der Waals surface area contributed by atoms with Crippen molar-refractivity contribution in [2.24, 2.45) is 0 Å².